The molecule has 0 bridgehead atoms. The van der Waals surface area contributed by atoms with Crippen molar-refractivity contribution in [2.24, 2.45) is 5.84 Å². The molecule has 3 N–H and O–H groups in total. The molecule has 0 unspecified atom stereocenters. The van der Waals surface area contributed by atoms with E-state index in [9.17, 15) is 4.79 Å². The van der Waals surface area contributed by atoms with Gasteiger partial charge in [0.1, 0.15) is 11.5 Å². The fourth-order valence-electron chi connectivity index (χ4n) is 1.62. The van der Waals surface area contributed by atoms with Gasteiger partial charge >= 0.3 is 0 Å². The number of hydrogen-bond donors (Lipinski definition) is 2. The topological polar surface area (TPSA) is 73.6 Å². The lowest BCUT2D eigenvalue weighted by atomic mass is 9.83. The molecule has 1 amide bonds. The van der Waals surface area contributed by atoms with Crippen LogP contribution in [-0.4, -0.2) is 20.1 Å². The molecule has 0 spiro atoms. The number of methoxy groups -OCH3 is 2. The molecular formula is C12H18N2O3. The summed E-state index contributed by atoms with van der Waals surface area (Å²) >= 11 is 0. The molecule has 0 atom stereocenters. The average molecular weight is 238 g/mol. The number of carbonyl (C=O) groups excluding carboxylic acids is 1. The number of nitrogens with one attached hydrogen (secondary N) is 1. The molecule has 0 aliphatic heterocycles. The van der Waals surface area contributed by atoms with Crippen LogP contribution in [0.15, 0.2) is 18.2 Å². The third-order valence-electron chi connectivity index (χ3n) is 2.78. The van der Waals surface area contributed by atoms with Gasteiger partial charge in [-0.3, -0.25) is 10.2 Å². The van der Waals surface area contributed by atoms with Crippen molar-refractivity contribution in [2.75, 3.05) is 14.2 Å². The van der Waals surface area contributed by atoms with Gasteiger partial charge < -0.3 is 9.47 Å². The molecule has 0 aliphatic rings. The lowest BCUT2D eigenvalue weighted by molar-refractivity contribution is -0.125. The van der Waals surface area contributed by atoms with Gasteiger partial charge in [-0.25, -0.2) is 5.84 Å². The molecule has 0 saturated carbocycles. The molecule has 0 aliphatic carbocycles. The van der Waals surface area contributed by atoms with Gasteiger partial charge in [-0.2, -0.15) is 0 Å². The van der Waals surface area contributed by atoms with Crippen LogP contribution in [0.1, 0.15) is 19.4 Å². The SMILES string of the molecule is COc1ccc(C(C)(C)C(=O)NN)c(OC)c1. The summed E-state index contributed by atoms with van der Waals surface area (Å²) in [5.74, 6) is 6.17. The van der Waals surface area contributed by atoms with Crippen molar-refractivity contribution >= 4 is 5.91 Å². The monoisotopic (exact) mass is 238 g/mol. The minimum absolute atomic E-state index is 0.277. The van der Waals surface area contributed by atoms with E-state index in [1.54, 1.807) is 46.3 Å². The highest BCUT2D eigenvalue weighted by Gasteiger charge is 2.32. The molecule has 0 aromatic heterocycles. The van der Waals surface area contributed by atoms with Gasteiger partial charge in [0.15, 0.2) is 0 Å². The summed E-state index contributed by atoms with van der Waals surface area (Å²) in [6.45, 7) is 3.55. The summed E-state index contributed by atoms with van der Waals surface area (Å²) in [7, 11) is 3.13. The van der Waals surface area contributed by atoms with Crippen molar-refractivity contribution in [3.63, 3.8) is 0 Å². The fraction of sp³-hybridized carbons (Fsp3) is 0.417. The largest absolute Gasteiger partial charge is 0.497 e. The Kier molecular flexibility index (Phi) is 3.96. The highest BCUT2D eigenvalue weighted by Crippen LogP contribution is 2.34. The zero-order chi connectivity index (χ0) is 13.1. The first-order chi connectivity index (χ1) is 7.97. The van der Waals surface area contributed by atoms with E-state index in [4.69, 9.17) is 15.3 Å². The van der Waals surface area contributed by atoms with Crippen molar-refractivity contribution < 1.29 is 14.3 Å². The van der Waals surface area contributed by atoms with Crippen LogP contribution in [-0.2, 0) is 10.2 Å². The van der Waals surface area contributed by atoms with Crippen LogP contribution >= 0.6 is 0 Å². The first-order valence-corrected chi connectivity index (χ1v) is 5.21. The smallest absolute Gasteiger partial charge is 0.244 e. The van der Waals surface area contributed by atoms with Crippen LogP contribution in [0.4, 0.5) is 0 Å². The molecule has 0 radical (unpaired) electrons. The third-order valence-corrected chi connectivity index (χ3v) is 2.78. The normalized spacial score (nSPS) is 10.9. The van der Waals surface area contributed by atoms with Crippen molar-refractivity contribution in [1.29, 1.82) is 0 Å². The first kappa shape index (κ1) is 13.3. The van der Waals surface area contributed by atoms with Crippen molar-refractivity contribution in [1.82, 2.24) is 5.43 Å². The molecule has 94 valence electrons. The average Bonchev–Trinajstić information content (AvgIpc) is 2.36. The zero-order valence-corrected chi connectivity index (χ0v) is 10.5. The molecule has 1 aromatic rings. The number of ether oxygens (including phenoxy) is 2. The third kappa shape index (κ3) is 2.50. The van der Waals surface area contributed by atoms with Crippen molar-refractivity contribution in [2.45, 2.75) is 19.3 Å². The molecule has 0 heterocycles. The minimum Gasteiger partial charge on any atom is -0.497 e. The van der Waals surface area contributed by atoms with Crippen LogP contribution in [0, 0.1) is 0 Å². The second-order valence-corrected chi connectivity index (χ2v) is 4.16. The molecular weight excluding hydrogens is 220 g/mol. The predicted molar refractivity (Wildman–Crippen MR) is 64.9 cm³/mol. The number of nitrogens with two attached hydrogens (primary N) is 1. The van der Waals surface area contributed by atoms with Crippen LogP contribution in [0.2, 0.25) is 0 Å². The zero-order valence-electron chi connectivity index (χ0n) is 10.5. The molecule has 5 heteroatoms. The summed E-state index contributed by atoms with van der Waals surface area (Å²) in [5.41, 5.74) is 2.14. The van der Waals surface area contributed by atoms with E-state index in [1.165, 1.54) is 0 Å². The molecule has 0 fully saturated rings. The molecule has 0 saturated heterocycles. The molecule has 17 heavy (non-hydrogen) atoms. The summed E-state index contributed by atoms with van der Waals surface area (Å²) in [4.78, 5) is 11.7. The first-order valence-electron chi connectivity index (χ1n) is 5.21. The van der Waals surface area contributed by atoms with Gasteiger partial charge in [-0.15, -0.1) is 0 Å². The molecule has 5 nitrogen and oxygen atoms in total. The Morgan fingerprint density at radius 2 is 1.94 bits per heavy atom. The lowest BCUT2D eigenvalue weighted by Gasteiger charge is -2.25. The Morgan fingerprint density at radius 3 is 2.41 bits per heavy atom. The van der Waals surface area contributed by atoms with Gasteiger partial charge in [-0.1, -0.05) is 6.07 Å². The Balaban J connectivity index is 3.26. The van der Waals surface area contributed by atoms with E-state index in [0.29, 0.717) is 11.5 Å². The number of carbonyl (C=O) groups is 1. The van der Waals surface area contributed by atoms with Gasteiger partial charge in [0.25, 0.3) is 0 Å². The Hall–Kier alpha value is -1.75. The highest BCUT2D eigenvalue weighted by molar-refractivity contribution is 5.87. The van der Waals surface area contributed by atoms with Crippen molar-refractivity contribution in [3.8, 4) is 11.5 Å². The minimum atomic E-state index is -0.771. The van der Waals surface area contributed by atoms with Crippen molar-refractivity contribution in [3.05, 3.63) is 23.8 Å². The quantitative estimate of drug-likeness (QED) is 0.466. The van der Waals surface area contributed by atoms with E-state index < -0.39 is 5.41 Å². The summed E-state index contributed by atoms with van der Waals surface area (Å²) in [5, 5.41) is 0. The van der Waals surface area contributed by atoms with Gasteiger partial charge in [0.2, 0.25) is 5.91 Å². The summed E-state index contributed by atoms with van der Waals surface area (Å²) in [6, 6.07) is 5.32. The summed E-state index contributed by atoms with van der Waals surface area (Å²) in [6.07, 6.45) is 0. The highest BCUT2D eigenvalue weighted by atomic mass is 16.5. The van der Waals surface area contributed by atoms with Gasteiger partial charge in [-0.05, 0) is 19.9 Å². The van der Waals surface area contributed by atoms with E-state index in [2.05, 4.69) is 5.43 Å². The van der Waals surface area contributed by atoms with Crippen LogP contribution in [0.3, 0.4) is 0 Å². The molecule has 1 rings (SSSR count). The molecule has 1 aromatic carbocycles. The Bertz CT molecular complexity index is 416. The predicted octanol–water partition coefficient (Wildman–Crippen LogP) is 0.971. The standard InChI is InChI=1S/C12H18N2O3/c1-12(2,11(15)14-13)9-6-5-8(16-3)7-10(9)17-4/h5-7H,13H2,1-4H3,(H,14,15). The Labute approximate surface area is 101 Å². The van der Waals surface area contributed by atoms with E-state index >= 15 is 0 Å². The van der Waals surface area contributed by atoms with Crippen LogP contribution < -0.4 is 20.7 Å². The number of hydrogen-bond acceptors (Lipinski definition) is 4. The lowest BCUT2D eigenvalue weighted by Crippen LogP contribution is -2.43. The Morgan fingerprint density at radius 1 is 1.29 bits per heavy atom. The van der Waals surface area contributed by atoms with E-state index in [0.717, 1.165) is 5.56 Å². The van der Waals surface area contributed by atoms with E-state index in [-0.39, 0.29) is 5.91 Å². The van der Waals surface area contributed by atoms with Gasteiger partial charge in [0, 0.05) is 11.6 Å². The maximum atomic E-state index is 11.7. The van der Waals surface area contributed by atoms with Crippen LogP contribution in [0.5, 0.6) is 11.5 Å². The summed E-state index contributed by atoms with van der Waals surface area (Å²) < 4.78 is 10.4. The second kappa shape index (κ2) is 5.05. The van der Waals surface area contributed by atoms with Gasteiger partial charge in [0.05, 0.1) is 19.6 Å². The number of amides is 1. The van der Waals surface area contributed by atoms with Crippen LogP contribution in [0.25, 0.3) is 0 Å². The maximum Gasteiger partial charge on any atom is 0.244 e. The van der Waals surface area contributed by atoms with E-state index in [1.807, 2.05) is 0 Å². The maximum absolute atomic E-state index is 11.7. The second-order valence-electron chi connectivity index (χ2n) is 4.16. The fourth-order valence-corrected chi connectivity index (χ4v) is 1.62. The number of rotatable bonds is 4. The number of hydrazine groups is 1. The number of benzene rings is 1.